The van der Waals surface area contributed by atoms with E-state index in [0.717, 1.165) is 32.1 Å². The van der Waals surface area contributed by atoms with Crippen LogP contribution in [0.5, 0.6) is 0 Å². The number of alkyl halides is 3. The van der Waals surface area contributed by atoms with Crippen molar-refractivity contribution in [2.45, 2.75) is 69.7 Å². The van der Waals surface area contributed by atoms with E-state index in [4.69, 9.17) is 0 Å². The molecule has 112 valence electrons. The minimum absolute atomic E-state index is 0.0329. The van der Waals surface area contributed by atoms with Gasteiger partial charge >= 0.3 is 6.18 Å². The SMILES string of the molecule is OC1CCCCC1CNC1CCCC(C(F)(F)F)C1. The van der Waals surface area contributed by atoms with Gasteiger partial charge in [-0.25, -0.2) is 0 Å². The lowest BCUT2D eigenvalue weighted by Crippen LogP contribution is -2.43. The van der Waals surface area contributed by atoms with Gasteiger partial charge in [0.25, 0.3) is 0 Å². The van der Waals surface area contributed by atoms with Crippen molar-refractivity contribution in [1.29, 1.82) is 0 Å². The first-order chi connectivity index (χ1) is 8.97. The monoisotopic (exact) mass is 279 g/mol. The average Bonchev–Trinajstić information content (AvgIpc) is 2.37. The van der Waals surface area contributed by atoms with Crippen molar-refractivity contribution in [3.8, 4) is 0 Å². The molecule has 0 bridgehead atoms. The topological polar surface area (TPSA) is 32.3 Å². The highest BCUT2D eigenvalue weighted by Crippen LogP contribution is 2.37. The fourth-order valence-corrected chi connectivity index (χ4v) is 3.42. The molecule has 2 aliphatic rings. The molecule has 0 aromatic heterocycles. The molecule has 4 atom stereocenters. The Morgan fingerprint density at radius 3 is 2.42 bits per heavy atom. The molecule has 19 heavy (non-hydrogen) atoms. The standard InChI is InChI=1S/C14H24F3NO/c15-14(16,17)11-5-3-6-12(8-11)18-9-10-4-1-2-7-13(10)19/h10-13,18-19H,1-9H2. The summed E-state index contributed by atoms with van der Waals surface area (Å²) in [6, 6.07) is -0.0329. The van der Waals surface area contributed by atoms with Crippen LogP contribution in [-0.4, -0.2) is 30.0 Å². The van der Waals surface area contributed by atoms with Crippen molar-refractivity contribution >= 4 is 0 Å². The summed E-state index contributed by atoms with van der Waals surface area (Å²) in [5.74, 6) is -0.921. The van der Waals surface area contributed by atoms with Crippen molar-refractivity contribution in [2.24, 2.45) is 11.8 Å². The van der Waals surface area contributed by atoms with Gasteiger partial charge in [-0.3, -0.25) is 0 Å². The summed E-state index contributed by atoms with van der Waals surface area (Å²) in [6.07, 6.45) is 1.64. The second-order valence-electron chi connectivity index (χ2n) is 6.12. The second kappa shape index (κ2) is 6.44. The Hall–Kier alpha value is -0.290. The minimum Gasteiger partial charge on any atom is -0.393 e. The summed E-state index contributed by atoms with van der Waals surface area (Å²) in [6.45, 7) is 0.663. The number of hydrogen-bond donors (Lipinski definition) is 2. The normalized spacial score (nSPS) is 37.3. The van der Waals surface area contributed by atoms with Crippen molar-refractivity contribution in [1.82, 2.24) is 5.32 Å². The molecule has 2 nitrogen and oxygen atoms in total. The van der Waals surface area contributed by atoms with E-state index in [1.54, 1.807) is 0 Å². The van der Waals surface area contributed by atoms with Gasteiger partial charge in [0.1, 0.15) is 0 Å². The summed E-state index contributed by atoms with van der Waals surface area (Å²) < 4.78 is 38.1. The maximum Gasteiger partial charge on any atom is 0.391 e. The number of halogens is 3. The first-order valence-corrected chi connectivity index (χ1v) is 7.45. The van der Waals surface area contributed by atoms with E-state index in [1.807, 2.05) is 0 Å². The lowest BCUT2D eigenvalue weighted by molar-refractivity contribution is -0.183. The van der Waals surface area contributed by atoms with Crippen LogP contribution in [0.3, 0.4) is 0 Å². The molecule has 0 aromatic rings. The Bertz CT molecular complexity index is 282. The first kappa shape index (κ1) is 15.1. The van der Waals surface area contributed by atoms with Crippen molar-refractivity contribution in [2.75, 3.05) is 6.54 Å². The maximum atomic E-state index is 12.7. The zero-order chi connectivity index (χ0) is 13.9. The molecule has 0 heterocycles. The smallest absolute Gasteiger partial charge is 0.391 e. The van der Waals surface area contributed by atoms with E-state index in [0.29, 0.717) is 13.0 Å². The van der Waals surface area contributed by atoms with E-state index < -0.39 is 12.1 Å². The fourth-order valence-electron chi connectivity index (χ4n) is 3.42. The van der Waals surface area contributed by atoms with Crippen LogP contribution in [0.4, 0.5) is 13.2 Å². The highest BCUT2D eigenvalue weighted by molar-refractivity contribution is 4.84. The third-order valence-electron chi connectivity index (χ3n) is 4.67. The number of aliphatic hydroxyl groups is 1. The largest absolute Gasteiger partial charge is 0.393 e. The number of aliphatic hydroxyl groups excluding tert-OH is 1. The van der Waals surface area contributed by atoms with E-state index in [-0.39, 0.29) is 30.9 Å². The van der Waals surface area contributed by atoms with Gasteiger partial charge in [-0.15, -0.1) is 0 Å². The molecule has 2 N–H and O–H groups in total. The van der Waals surface area contributed by atoms with Gasteiger partial charge in [0.05, 0.1) is 12.0 Å². The molecular formula is C14H24F3NO. The van der Waals surface area contributed by atoms with Crippen molar-refractivity contribution in [3.63, 3.8) is 0 Å². The zero-order valence-corrected chi connectivity index (χ0v) is 11.3. The van der Waals surface area contributed by atoms with Gasteiger partial charge < -0.3 is 10.4 Å². The van der Waals surface area contributed by atoms with Crippen LogP contribution in [0.2, 0.25) is 0 Å². The highest BCUT2D eigenvalue weighted by Gasteiger charge is 2.42. The molecule has 0 spiro atoms. The van der Waals surface area contributed by atoms with Crippen molar-refractivity contribution < 1.29 is 18.3 Å². The van der Waals surface area contributed by atoms with Gasteiger partial charge in [0, 0.05) is 12.6 Å². The maximum absolute atomic E-state index is 12.7. The van der Waals surface area contributed by atoms with E-state index >= 15 is 0 Å². The average molecular weight is 279 g/mol. The van der Waals surface area contributed by atoms with Crippen LogP contribution >= 0.6 is 0 Å². The van der Waals surface area contributed by atoms with E-state index in [2.05, 4.69) is 5.32 Å². The molecule has 0 radical (unpaired) electrons. The second-order valence-corrected chi connectivity index (χ2v) is 6.12. The molecule has 0 amide bonds. The van der Waals surface area contributed by atoms with Crippen LogP contribution in [0, 0.1) is 11.8 Å². The molecule has 2 rings (SSSR count). The molecule has 5 heteroatoms. The molecule has 2 aliphatic carbocycles. The van der Waals surface area contributed by atoms with E-state index in [9.17, 15) is 18.3 Å². The summed E-state index contributed by atoms with van der Waals surface area (Å²) in [5.41, 5.74) is 0. The van der Waals surface area contributed by atoms with E-state index in [1.165, 1.54) is 0 Å². The third kappa shape index (κ3) is 4.35. The molecule has 0 aliphatic heterocycles. The van der Waals surface area contributed by atoms with Crippen molar-refractivity contribution in [3.05, 3.63) is 0 Å². The highest BCUT2D eigenvalue weighted by atomic mass is 19.4. The van der Waals surface area contributed by atoms with Gasteiger partial charge in [-0.1, -0.05) is 19.3 Å². The Kier molecular flexibility index (Phi) is 5.12. The summed E-state index contributed by atoms with van der Waals surface area (Å²) >= 11 is 0. The predicted octanol–water partition coefficient (Wildman–Crippen LogP) is 3.25. The fraction of sp³-hybridized carbons (Fsp3) is 1.00. The lowest BCUT2D eigenvalue weighted by atomic mass is 9.83. The molecule has 2 fully saturated rings. The quantitative estimate of drug-likeness (QED) is 0.831. The summed E-state index contributed by atoms with van der Waals surface area (Å²) in [4.78, 5) is 0. The van der Waals surface area contributed by atoms with Crippen LogP contribution in [-0.2, 0) is 0 Å². The summed E-state index contributed by atoms with van der Waals surface area (Å²) in [5, 5.41) is 13.1. The Labute approximate surface area is 112 Å². The molecular weight excluding hydrogens is 255 g/mol. The number of hydrogen-bond acceptors (Lipinski definition) is 2. The van der Waals surface area contributed by atoms with Gasteiger partial charge in [0.15, 0.2) is 0 Å². The summed E-state index contributed by atoms with van der Waals surface area (Å²) in [7, 11) is 0. The molecule has 2 saturated carbocycles. The Morgan fingerprint density at radius 2 is 1.74 bits per heavy atom. The molecule has 4 unspecified atom stereocenters. The van der Waals surface area contributed by atoms with Crippen LogP contribution in [0.25, 0.3) is 0 Å². The number of nitrogens with one attached hydrogen (secondary N) is 1. The molecule has 0 aromatic carbocycles. The third-order valence-corrected chi connectivity index (χ3v) is 4.67. The Morgan fingerprint density at radius 1 is 1.00 bits per heavy atom. The predicted molar refractivity (Wildman–Crippen MR) is 67.8 cm³/mol. The molecule has 0 saturated heterocycles. The van der Waals surface area contributed by atoms with Crippen LogP contribution in [0.1, 0.15) is 51.4 Å². The minimum atomic E-state index is -4.05. The lowest BCUT2D eigenvalue weighted by Gasteiger charge is -2.34. The first-order valence-electron chi connectivity index (χ1n) is 7.45. The zero-order valence-electron chi connectivity index (χ0n) is 11.3. The Balaban J connectivity index is 1.76. The van der Waals surface area contributed by atoms with Gasteiger partial charge in [0.2, 0.25) is 0 Å². The van der Waals surface area contributed by atoms with Crippen LogP contribution in [0.15, 0.2) is 0 Å². The van der Waals surface area contributed by atoms with Crippen LogP contribution < -0.4 is 5.32 Å². The number of rotatable bonds is 3. The van der Waals surface area contributed by atoms with Gasteiger partial charge in [-0.05, 0) is 38.0 Å². The van der Waals surface area contributed by atoms with Gasteiger partial charge in [-0.2, -0.15) is 13.2 Å².